The van der Waals surface area contributed by atoms with Crippen LogP contribution < -0.4 is 5.32 Å². The van der Waals surface area contributed by atoms with E-state index in [2.05, 4.69) is 36.0 Å². The molecule has 0 unspecified atom stereocenters. The molecule has 0 radical (unpaired) electrons. The molecule has 5 heterocycles. The summed E-state index contributed by atoms with van der Waals surface area (Å²) in [6.07, 6.45) is 15.5. The Morgan fingerprint density at radius 2 is 1.70 bits per heavy atom. The number of pyridine rings is 1. The molecule has 10 nitrogen and oxygen atoms in total. The summed E-state index contributed by atoms with van der Waals surface area (Å²) in [4.78, 5) is 37.0. The lowest BCUT2D eigenvalue weighted by Crippen LogP contribution is -2.34. The molecule has 0 spiro atoms. The van der Waals surface area contributed by atoms with Crippen LogP contribution >= 0.6 is 0 Å². The summed E-state index contributed by atoms with van der Waals surface area (Å²) in [6, 6.07) is 4.04. The van der Waals surface area contributed by atoms with Crippen LogP contribution in [0.3, 0.4) is 0 Å². The molecule has 40 heavy (non-hydrogen) atoms. The Morgan fingerprint density at radius 1 is 0.975 bits per heavy atom. The van der Waals surface area contributed by atoms with E-state index in [1.165, 1.54) is 25.6 Å². The quantitative estimate of drug-likeness (QED) is 0.337. The molecule has 6 rings (SSSR count). The number of carbonyl (C=O) groups is 1. The number of fused-ring (bicyclic) bond motifs is 1. The van der Waals surface area contributed by atoms with E-state index in [0.29, 0.717) is 30.6 Å². The number of aromatic nitrogens is 7. The first-order chi connectivity index (χ1) is 19.5. The van der Waals surface area contributed by atoms with Gasteiger partial charge in [-0.3, -0.25) is 9.78 Å². The number of hydrogen-bond donors (Lipinski definition) is 1. The second kappa shape index (κ2) is 12.3. The van der Waals surface area contributed by atoms with Crippen molar-refractivity contribution >= 4 is 34.1 Å². The van der Waals surface area contributed by atoms with Gasteiger partial charge < -0.3 is 10.2 Å². The van der Waals surface area contributed by atoms with Gasteiger partial charge in [0.05, 0.1) is 35.2 Å². The second-order valence-electron chi connectivity index (χ2n) is 10.1. The van der Waals surface area contributed by atoms with Crippen molar-refractivity contribution in [2.24, 2.45) is 0 Å². The Balaban J connectivity index is 0.00000158. The van der Waals surface area contributed by atoms with Gasteiger partial charge in [0.25, 0.3) is 5.91 Å². The highest BCUT2D eigenvalue weighted by Gasteiger charge is 2.26. The highest BCUT2D eigenvalue weighted by Crippen LogP contribution is 2.34. The summed E-state index contributed by atoms with van der Waals surface area (Å²) in [5.74, 6) is 0.531. The molecule has 0 bridgehead atoms. The molecule has 1 aliphatic heterocycles. The Kier molecular flexibility index (Phi) is 8.42. The molecule has 1 aliphatic carbocycles. The van der Waals surface area contributed by atoms with E-state index in [4.69, 9.17) is 10.1 Å². The third kappa shape index (κ3) is 5.85. The number of anilines is 2. The van der Waals surface area contributed by atoms with E-state index in [1.54, 1.807) is 12.4 Å². The summed E-state index contributed by atoms with van der Waals surface area (Å²) in [5.41, 5.74) is 6.03. The minimum atomic E-state index is 0.0374. The van der Waals surface area contributed by atoms with Gasteiger partial charge in [-0.2, -0.15) is 10.1 Å². The normalized spacial score (nSPS) is 15.8. The van der Waals surface area contributed by atoms with Gasteiger partial charge in [0, 0.05) is 36.2 Å². The highest BCUT2D eigenvalue weighted by molar-refractivity contribution is 5.95. The van der Waals surface area contributed by atoms with Gasteiger partial charge in [0.1, 0.15) is 6.33 Å². The van der Waals surface area contributed by atoms with E-state index in [0.717, 1.165) is 58.6 Å². The SMILES string of the molecule is CC.Cc1cc(C(=O)N2CC=C(c3nn(C4CCCCC4)c4nc(Nc5cncnc5)ncc34)CC2)cc(C)n1. The maximum atomic E-state index is 13.2. The lowest BCUT2D eigenvalue weighted by molar-refractivity contribution is 0.0772. The second-order valence-corrected chi connectivity index (χ2v) is 10.1. The van der Waals surface area contributed by atoms with Gasteiger partial charge in [-0.1, -0.05) is 39.2 Å². The van der Waals surface area contributed by atoms with E-state index in [9.17, 15) is 4.79 Å². The summed E-state index contributed by atoms with van der Waals surface area (Å²) < 4.78 is 2.11. The van der Waals surface area contributed by atoms with Crippen LogP contribution in [0.5, 0.6) is 0 Å². The molecular formula is C30H37N9O. The first-order valence-corrected chi connectivity index (χ1v) is 14.3. The molecule has 0 aromatic carbocycles. The van der Waals surface area contributed by atoms with Gasteiger partial charge in [0.2, 0.25) is 5.95 Å². The van der Waals surface area contributed by atoms with Gasteiger partial charge in [-0.05, 0) is 50.8 Å². The monoisotopic (exact) mass is 539 g/mol. The largest absolute Gasteiger partial charge is 0.335 e. The van der Waals surface area contributed by atoms with Crippen molar-refractivity contribution in [2.75, 3.05) is 18.4 Å². The molecule has 10 heteroatoms. The van der Waals surface area contributed by atoms with Gasteiger partial charge >= 0.3 is 0 Å². The van der Waals surface area contributed by atoms with Crippen molar-refractivity contribution in [1.29, 1.82) is 0 Å². The summed E-state index contributed by atoms with van der Waals surface area (Å²) >= 11 is 0. The smallest absolute Gasteiger partial charge is 0.254 e. The number of aryl methyl sites for hydroxylation is 2. The zero-order chi connectivity index (χ0) is 28.1. The van der Waals surface area contributed by atoms with Gasteiger partial charge in [-0.15, -0.1) is 0 Å². The Bertz CT molecular complexity index is 1490. The number of amides is 1. The van der Waals surface area contributed by atoms with E-state index in [-0.39, 0.29) is 5.91 Å². The van der Waals surface area contributed by atoms with Crippen LogP contribution in [-0.4, -0.2) is 58.6 Å². The molecule has 1 fully saturated rings. The number of nitrogens with zero attached hydrogens (tertiary/aromatic N) is 8. The zero-order valence-corrected chi connectivity index (χ0v) is 23.8. The van der Waals surface area contributed by atoms with Crippen molar-refractivity contribution in [3.8, 4) is 0 Å². The molecule has 2 aliphatic rings. The van der Waals surface area contributed by atoms with E-state index in [1.807, 2.05) is 50.9 Å². The lowest BCUT2D eigenvalue weighted by atomic mass is 9.96. The number of rotatable bonds is 5. The molecule has 4 aromatic rings. The van der Waals surface area contributed by atoms with Gasteiger partial charge in [0.15, 0.2) is 5.65 Å². The minimum Gasteiger partial charge on any atom is -0.335 e. The fraction of sp³-hybridized carbons (Fsp3) is 0.433. The molecule has 1 saturated carbocycles. The Morgan fingerprint density at radius 3 is 2.38 bits per heavy atom. The predicted molar refractivity (Wildman–Crippen MR) is 156 cm³/mol. The molecular weight excluding hydrogens is 502 g/mol. The van der Waals surface area contributed by atoms with E-state index < -0.39 is 0 Å². The van der Waals surface area contributed by atoms with Gasteiger partial charge in [-0.25, -0.2) is 19.6 Å². The molecule has 0 saturated heterocycles. The topological polar surface area (TPSA) is 115 Å². The number of carbonyl (C=O) groups excluding carboxylic acids is 1. The van der Waals surface area contributed by atoms with Crippen LogP contribution in [0.15, 0.2) is 43.1 Å². The molecule has 0 atom stereocenters. The molecule has 208 valence electrons. The number of hydrogen-bond acceptors (Lipinski definition) is 8. The van der Waals surface area contributed by atoms with Crippen LogP contribution in [0.1, 0.15) is 85.9 Å². The van der Waals surface area contributed by atoms with Crippen LogP contribution in [-0.2, 0) is 0 Å². The van der Waals surface area contributed by atoms with E-state index >= 15 is 0 Å². The molecule has 1 N–H and O–H groups in total. The fourth-order valence-electron chi connectivity index (χ4n) is 5.50. The zero-order valence-electron chi connectivity index (χ0n) is 23.8. The van der Waals surface area contributed by atoms with Crippen molar-refractivity contribution in [3.63, 3.8) is 0 Å². The minimum absolute atomic E-state index is 0.0374. The van der Waals surface area contributed by atoms with Crippen LogP contribution in [0.2, 0.25) is 0 Å². The number of nitrogens with one attached hydrogen (secondary N) is 1. The molecule has 1 amide bonds. The lowest BCUT2D eigenvalue weighted by Gasteiger charge is -2.26. The first kappa shape index (κ1) is 27.4. The van der Waals surface area contributed by atoms with Crippen molar-refractivity contribution in [2.45, 2.75) is 72.3 Å². The Labute approximate surface area is 235 Å². The molecule has 4 aromatic heterocycles. The van der Waals surface area contributed by atoms with Crippen molar-refractivity contribution < 1.29 is 4.79 Å². The summed E-state index contributed by atoms with van der Waals surface area (Å²) in [5, 5.41) is 9.26. The fourth-order valence-corrected chi connectivity index (χ4v) is 5.50. The third-order valence-corrected chi connectivity index (χ3v) is 7.31. The van der Waals surface area contributed by atoms with Crippen molar-refractivity contribution in [1.82, 2.24) is 39.6 Å². The maximum Gasteiger partial charge on any atom is 0.254 e. The predicted octanol–water partition coefficient (Wildman–Crippen LogP) is 5.83. The first-order valence-electron chi connectivity index (χ1n) is 14.3. The van der Waals surface area contributed by atoms with Crippen LogP contribution in [0.4, 0.5) is 11.6 Å². The third-order valence-electron chi connectivity index (χ3n) is 7.31. The average Bonchev–Trinajstić information content (AvgIpc) is 3.37. The maximum absolute atomic E-state index is 13.2. The Hall–Kier alpha value is -4.21. The van der Waals surface area contributed by atoms with Crippen LogP contribution in [0, 0.1) is 13.8 Å². The summed E-state index contributed by atoms with van der Waals surface area (Å²) in [6.45, 7) is 9.02. The average molecular weight is 540 g/mol. The van der Waals surface area contributed by atoms with Crippen LogP contribution in [0.25, 0.3) is 16.6 Å². The highest BCUT2D eigenvalue weighted by atomic mass is 16.2. The standard InChI is InChI=1S/C28H31N9O.C2H6/c1-18-12-21(13-19(2)32-18)27(38)36-10-8-20(9-11-36)25-24-16-31-28(33-22-14-29-17-30-15-22)34-26(24)37(35-25)23-6-4-3-5-7-23;1-2/h8,12-17,23H,3-7,9-11H2,1-2H3,(H,31,33,34);1-2H3. The summed E-state index contributed by atoms with van der Waals surface area (Å²) in [7, 11) is 0. The van der Waals surface area contributed by atoms with Crippen molar-refractivity contribution in [3.05, 3.63) is 65.8 Å².